The molecule has 0 atom stereocenters. The second kappa shape index (κ2) is 10.2. The molecule has 49 heavy (non-hydrogen) atoms. The normalized spacial score (nSPS) is 11.6. The predicted molar refractivity (Wildman–Crippen MR) is 197 cm³/mol. The second-order valence-corrected chi connectivity index (χ2v) is 12.4. The van der Waals surface area contributed by atoms with Crippen LogP contribution in [0.3, 0.4) is 0 Å². The smallest absolute Gasteiger partial charge is 0.136 e. The molecule has 0 N–H and O–H groups in total. The predicted octanol–water partition coefficient (Wildman–Crippen LogP) is 11.2. The van der Waals surface area contributed by atoms with Crippen molar-refractivity contribution in [1.82, 2.24) is 9.13 Å². The van der Waals surface area contributed by atoms with Crippen molar-refractivity contribution in [3.63, 3.8) is 0 Å². The zero-order chi connectivity index (χ0) is 32.6. The molecule has 0 saturated carbocycles. The first-order valence-corrected chi connectivity index (χ1v) is 16.1. The Morgan fingerprint density at radius 2 is 0.959 bits per heavy atom. The SMILES string of the molecule is N#Cc1ccc2c(c1)c1cc(C#N)ccc1n2-c1cccc(-c2cccc(-n3c4ccccc4c4c5c(ccc43)oc3ccccc35)c2)c1. The molecule has 0 fully saturated rings. The monoisotopic (exact) mass is 624 g/mol. The number of para-hydroxylation sites is 2. The average Bonchev–Trinajstić information content (AvgIpc) is 3.81. The molecule has 0 bridgehead atoms. The number of benzene rings is 7. The van der Waals surface area contributed by atoms with Crippen LogP contribution in [0, 0.1) is 22.7 Å². The molecular weight excluding hydrogens is 601 g/mol. The zero-order valence-electron chi connectivity index (χ0n) is 26.1. The lowest BCUT2D eigenvalue weighted by Crippen LogP contribution is -1.96. The fraction of sp³-hybridized carbons (Fsp3) is 0. The van der Waals surface area contributed by atoms with Crippen molar-refractivity contribution in [3.8, 4) is 34.6 Å². The van der Waals surface area contributed by atoms with E-state index in [4.69, 9.17) is 4.42 Å². The van der Waals surface area contributed by atoms with Gasteiger partial charge < -0.3 is 13.6 Å². The Balaban J connectivity index is 1.17. The number of rotatable bonds is 3. The minimum atomic E-state index is 0.589. The van der Waals surface area contributed by atoms with E-state index in [0.29, 0.717) is 11.1 Å². The van der Waals surface area contributed by atoms with Crippen LogP contribution in [0.1, 0.15) is 11.1 Å². The van der Waals surface area contributed by atoms with E-state index in [0.717, 1.165) is 77.3 Å². The van der Waals surface area contributed by atoms with E-state index in [1.165, 1.54) is 10.8 Å². The van der Waals surface area contributed by atoms with Crippen LogP contribution >= 0.6 is 0 Å². The summed E-state index contributed by atoms with van der Waals surface area (Å²) in [4.78, 5) is 0. The van der Waals surface area contributed by atoms with Gasteiger partial charge in [-0.15, -0.1) is 0 Å². The molecule has 0 aliphatic rings. The summed E-state index contributed by atoms with van der Waals surface area (Å²) in [7, 11) is 0. The van der Waals surface area contributed by atoms with E-state index < -0.39 is 0 Å². The van der Waals surface area contributed by atoms with Gasteiger partial charge in [0.2, 0.25) is 0 Å². The van der Waals surface area contributed by atoms with Crippen molar-refractivity contribution in [1.29, 1.82) is 10.5 Å². The van der Waals surface area contributed by atoms with Gasteiger partial charge in [0.25, 0.3) is 0 Å². The Bertz CT molecular complexity index is 3010. The number of hydrogen-bond acceptors (Lipinski definition) is 3. The van der Waals surface area contributed by atoms with Crippen molar-refractivity contribution in [3.05, 3.63) is 157 Å². The summed E-state index contributed by atoms with van der Waals surface area (Å²) >= 11 is 0. The minimum Gasteiger partial charge on any atom is -0.456 e. The molecule has 7 aromatic carbocycles. The maximum atomic E-state index is 9.63. The molecular formula is C44H24N4O. The molecule has 0 aliphatic heterocycles. The molecule has 0 radical (unpaired) electrons. The first-order valence-electron chi connectivity index (χ1n) is 16.1. The van der Waals surface area contributed by atoms with E-state index in [-0.39, 0.29) is 0 Å². The third kappa shape index (κ3) is 3.91. The van der Waals surface area contributed by atoms with Crippen LogP contribution in [0.15, 0.2) is 150 Å². The fourth-order valence-corrected chi connectivity index (χ4v) is 7.64. The second-order valence-electron chi connectivity index (χ2n) is 12.4. The summed E-state index contributed by atoms with van der Waals surface area (Å²) in [6.45, 7) is 0. The van der Waals surface area contributed by atoms with Gasteiger partial charge in [-0.1, -0.05) is 60.7 Å². The van der Waals surface area contributed by atoms with Crippen LogP contribution in [0.25, 0.3) is 88.1 Å². The van der Waals surface area contributed by atoms with Crippen molar-refractivity contribution < 1.29 is 4.42 Å². The highest BCUT2D eigenvalue weighted by Crippen LogP contribution is 2.41. The van der Waals surface area contributed by atoms with Gasteiger partial charge in [-0.2, -0.15) is 10.5 Å². The summed E-state index contributed by atoms with van der Waals surface area (Å²) in [6, 6.07) is 54.4. The number of nitrogens with zero attached hydrogens (tertiary/aromatic N) is 4. The summed E-state index contributed by atoms with van der Waals surface area (Å²) in [6.07, 6.45) is 0. The van der Waals surface area contributed by atoms with Crippen molar-refractivity contribution in [2.75, 3.05) is 0 Å². The highest BCUT2D eigenvalue weighted by Gasteiger charge is 2.19. The molecule has 5 nitrogen and oxygen atoms in total. The summed E-state index contributed by atoms with van der Waals surface area (Å²) in [5.74, 6) is 0. The van der Waals surface area contributed by atoms with Crippen molar-refractivity contribution in [2.45, 2.75) is 0 Å². The van der Waals surface area contributed by atoms with Gasteiger partial charge in [0.15, 0.2) is 0 Å². The van der Waals surface area contributed by atoms with Gasteiger partial charge in [0, 0.05) is 43.7 Å². The summed E-state index contributed by atoms with van der Waals surface area (Å²) in [5.41, 5.74) is 11.5. The van der Waals surface area contributed by atoms with E-state index in [1.54, 1.807) is 0 Å². The number of fused-ring (bicyclic) bond motifs is 10. The van der Waals surface area contributed by atoms with E-state index in [2.05, 4.69) is 118 Å². The third-order valence-corrected chi connectivity index (χ3v) is 9.74. The zero-order valence-corrected chi connectivity index (χ0v) is 26.1. The molecule has 0 amide bonds. The van der Waals surface area contributed by atoms with Gasteiger partial charge in [0.05, 0.1) is 45.3 Å². The standard InChI is InChI=1S/C44H24N4O/c45-25-27-15-17-38-35(21-27)36-22-28(26-46)16-18-39(36)47(38)31-9-5-7-29(23-31)30-8-6-10-32(24-30)48-37-13-3-1-11-33(37)43-40(48)19-20-42-44(43)34-12-2-4-14-41(34)49-42/h1-24H. The quantitative estimate of drug-likeness (QED) is 0.196. The lowest BCUT2D eigenvalue weighted by molar-refractivity contribution is 0.669. The molecule has 5 heteroatoms. The van der Waals surface area contributed by atoms with Crippen molar-refractivity contribution >= 4 is 65.6 Å². The van der Waals surface area contributed by atoms with Crippen LogP contribution in [0.5, 0.6) is 0 Å². The van der Waals surface area contributed by atoms with Crippen LogP contribution < -0.4 is 0 Å². The van der Waals surface area contributed by atoms with Crippen LogP contribution in [0.4, 0.5) is 0 Å². The van der Waals surface area contributed by atoms with Gasteiger partial charge >= 0.3 is 0 Å². The largest absolute Gasteiger partial charge is 0.456 e. The molecule has 0 spiro atoms. The summed E-state index contributed by atoms with van der Waals surface area (Å²) in [5, 5.41) is 25.8. The molecule has 10 rings (SSSR count). The van der Waals surface area contributed by atoms with E-state index in [1.807, 2.05) is 48.5 Å². The Hall–Kier alpha value is -7.08. The van der Waals surface area contributed by atoms with Crippen LogP contribution in [-0.2, 0) is 0 Å². The Labute approximate surface area is 280 Å². The number of furan rings is 1. The Morgan fingerprint density at radius 1 is 0.408 bits per heavy atom. The molecule has 0 aliphatic carbocycles. The first kappa shape index (κ1) is 27.1. The summed E-state index contributed by atoms with van der Waals surface area (Å²) < 4.78 is 10.8. The molecule has 3 heterocycles. The van der Waals surface area contributed by atoms with Crippen LogP contribution in [0.2, 0.25) is 0 Å². The van der Waals surface area contributed by atoms with Gasteiger partial charge in [-0.25, -0.2) is 0 Å². The third-order valence-electron chi connectivity index (χ3n) is 9.74. The highest BCUT2D eigenvalue weighted by atomic mass is 16.3. The maximum Gasteiger partial charge on any atom is 0.136 e. The molecule has 10 aromatic rings. The lowest BCUT2D eigenvalue weighted by atomic mass is 10.0. The maximum absolute atomic E-state index is 9.63. The number of aromatic nitrogens is 2. The molecule has 0 saturated heterocycles. The number of nitriles is 2. The van der Waals surface area contributed by atoms with E-state index in [9.17, 15) is 10.5 Å². The van der Waals surface area contributed by atoms with Gasteiger partial charge in [0.1, 0.15) is 11.2 Å². The lowest BCUT2D eigenvalue weighted by Gasteiger charge is -2.13. The topological polar surface area (TPSA) is 70.6 Å². The van der Waals surface area contributed by atoms with Crippen LogP contribution in [-0.4, -0.2) is 9.13 Å². The van der Waals surface area contributed by atoms with Gasteiger partial charge in [-0.05, 0) is 96.1 Å². The highest BCUT2D eigenvalue weighted by molar-refractivity contribution is 6.27. The Kier molecular flexibility index (Phi) is 5.64. The van der Waals surface area contributed by atoms with Crippen molar-refractivity contribution in [2.24, 2.45) is 0 Å². The fourth-order valence-electron chi connectivity index (χ4n) is 7.64. The molecule has 3 aromatic heterocycles. The Morgan fingerprint density at radius 3 is 1.61 bits per heavy atom. The van der Waals surface area contributed by atoms with Gasteiger partial charge in [-0.3, -0.25) is 0 Å². The number of hydrogen-bond donors (Lipinski definition) is 0. The van der Waals surface area contributed by atoms with E-state index >= 15 is 0 Å². The molecule has 0 unspecified atom stereocenters. The minimum absolute atomic E-state index is 0.589. The molecule has 226 valence electrons. The average molecular weight is 625 g/mol. The first-order chi connectivity index (χ1) is 24.2.